The fourth-order valence-electron chi connectivity index (χ4n) is 2.31. The second-order valence-corrected chi connectivity index (χ2v) is 5.67. The number of rotatable bonds is 4. The first-order chi connectivity index (χ1) is 11.6. The van der Waals surface area contributed by atoms with Crippen LogP contribution in [-0.2, 0) is 9.53 Å². The Kier molecular flexibility index (Phi) is 4.53. The number of benzene rings is 2. The van der Waals surface area contributed by atoms with Gasteiger partial charge in [-0.15, -0.1) is 0 Å². The SMILES string of the molecule is C[C@@H](OC(=O)c1c[nH]c2ccccc12)C(=O)Nc1ccccc1Cl. The van der Waals surface area contributed by atoms with Crippen LogP contribution in [0.25, 0.3) is 10.9 Å². The molecule has 0 aliphatic rings. The number of carbonyl (C=O) groups is 2. The Labute approximate surface area is 143 Å². The molecule has 1 amide bonds. The van der Waals surface area contributed by atoms with Gasteiger partial charge in [0.05, 0.1) is 16.3 Å². The number of H-pyrrole nitrogens is 1. The third-order valence-corrected chi connectivity index (χ3v) is 3.92. The Bertz CT molecular complexity index is 904. The number of anilines is 1. The number of amides is 1. The molecule has 2 aromatic carbocycles. The van der Waals surface area contributed by atoms with Gasteiger partial charge < -0.3 is 15.0 Å². The van der Waals surface area contributed by atoms with E-state index in [0.717, 1.165) is 10.9 Å². The van der Waals surface area contributed by atoms with Gasteiger partial charge in [0.15, 0.2) is 6.10 Å². The van der Waals surface area contributed by atoms with E-state index in [1.54, 1.807) is 30.5 Å². The Balaban J connectivity index is 1.70. The monoisotopic (exact) mass is 342 g/mol. The van der Waals surface area contributed by atoms with Gasteiger partial charge in [0.1, 0.15) is 0 Å². The minimum Gasteiger partial charge on any atom is -0.449 e. The smallest absolute Gasteiger partial charge is 0.341 e. The average molecular weight is 343 g/mol. The van der Waals surface area contributed by atoms with Crippen LogP contribution in [0.2, 0.25) is 5.02 Å². The van der Waals surface area contributed by atoms with Gasteiger partial charge in [0, 0.05) is 17.1 Å². The molecule has 3 aromatic rings. The summed E-state index contributed by atoms with van der Waals surface area (Å²) in [5, 5.41) is 3.81. The molecule has 3 rings (SSSR count). The topological polar surface area (TPSA) is 71.2 Å². The van der Waals surface area contributed by atoms with E-state index >= 15 is 0 Å². The zero-order valence-corrected chi connectivity index (χ0v) is 13.6. The molecule has 1 aromatic heterocycles. The molecule has 0 radical (unpaired) electrons. The predicted molar refractivity (Wildman–Crippen MR) is 93.3 cm³/mol. The van der Waals surface area contributed by atoms with Crippen LogP contribution >= 0.6 is 11.6 Å². The van der Waals surface area contributed by atoms with Crippen LogP contribution in [0.15, 0.2) is 54.7 Å². The maximum absolute atomic E-state index is 12.3. The summed E-state index contributed by atoms with van der Waals surface area (Å²) in [6.45, 7) is 1.51. The molecule has 0 spiro atoms. The van der Waals surface area contributed by atoms with Gasteiger partial charge in [-0.05, 0) is 25.1 Å². The van der Waals surface area contributed by atoms with Crippen molar-refractivity contribution in [2.24, 2.45) is 0 Å². The molecule has 0 fully saturated rings. The van der Waals surface area contributed by atoms with Gasteiger partial charge in [0.25, 0.3) is 5.91 Å². The number of hydrogen-bond donors (Lipinski definition) is 2. The summed E-state index contributed by atoms with van der Waals surface area (Å²) in [7, 11) is 0. The summed E-state index contributed by atoms with van der Waals surface area (Å²) in [4.78, 5) is 27.5. The van der Waals surface area contributed by atoms with Crippen LogP contribution in [0, 0.1) is 0 Å². The van der Waals surface area contributed by atoms with Gasteiger partial charge >= 0.3 is 5.97 Å². The maximum Gasteiger partial charge on any atom is 0.341 e. The fourth-order valence-corrected chi connectivity index (χ4v) is 2.50. The van der Waals surface area contributed by atoms with E-state index in [2.05, 4.69) is 10.3 Å². The number of hydrogen-bond acceptors (Lipinski definition) is 3. The Morgan fingerprint density at radius 3 is 2.62 bits per heavy atom. The highest BCUT2D eigenvalue weighted by Crippen LogP contribution is 2.22. The summed E-state index contributed by atoms with van der Waals surface area (Å²) in [5.74, 6) is -1.01. The van der Waals surface area contributed by atoms with Crippen molar-refractivity contribution in [3.63, 3.8) is 0 Å². The van der Waals surface area contributed by atoms with Crippen molar-refractivity contribution >= 4 is 40.1 Å². The highest BCUT2D eigenvalue weighted by Gasteiger charge is 2.21. The van der Waals surface area contributed by atoms with E-state index in [0.29, 0.717) is 16.3 Å². The lowest BCUT2D eigenvalue weighted by molar-refractivity contribution is -0.123. The molecule has 2 N–H and O–H groups in total. The van der Waals surface area contributed by atoms with Crippen molar-refractivity contribution in [3.05, 3.63) is 65.3 Å². The molecule has 0 unspecified atom stereocenters. The molecule has 5 nitrogen and oxygen atoms in total. The molecule has 122 valence electrons. The first-order valence-corrected chi connectivity index (χ1v) is 7.76. The molecular formula is C18H15ClN2O3. The number of esters is 1. The molecule has 0 aliphatic heterocycles. The lowest BCUT2D eigenvalue weighted by Crippen LogP contribution is -2.30. The minimum atomic E-state index is -0.956. The average Bonchev–Trinajstić information content (AvgIpc) is 3.01. The molecule has 0 saturated carbocycles. The van der Waals surface area contributed by atoms with E-state index in [9.17, 15) is 9.59 Å². The molecule has 24 heavy (non-hydrogen) atoms. The predicted octanol–water partition coefficient (Wildman–Crippen LogP) is 4.01. The van der Waals surface area contributed by atoms with Crippen molar-refractivity contribution in [2.75, 3.05) is 5.32 Å². The lowest BCUT2D eigenvalue weighted by Gasteiger charge is -2.14. The summed E-state index contributed by atoms with van der Waals surface area (Å²) in [6, 6.07) is 14.2. The summed E-state index contributed by atoms with van der Waals surface area (Å²) < 4.78 is 5.26. The third kappa shape index (κ3) is 3.26. The van der Waals surface area contributed by atoms with Gasteiger partial charge in [-0.3, -0.25) is 4.79 Å². The summed E-state index contributed by atoms with van der Waals surface area (Å²) >= 11 is 6.00. The third-order valence-electron chi connectivity index (χ3n) is 3.59. The highest BCUT2D eigenvalue weighted by molar-refractivity contribution is 6.33. The largest absolute Gasteiger partial charge is 0.449 e. The van der Waals surface area contributed by atoms with Crippen LogP contribution < -0.4 is 5.32 Å². The van der Waals surface area contributed by atoms with Gasteiger partial charge in [-0.1, -0.05) is 41.9 Å². The Morgan fingerprint density at radius 1 is 1.12 bits per heavy atom. The second kappa shape index (κ2) is 6.76. The van der Waals surface area contributed by atoms with E-state index in [4.69, 9.17) is 16.3 Å². The Hall–Kier alpha value is -2.79. The number of aromatic amines is 1. The zero-order valence-electron chi connectivity index (χ0n) is 12.9. The van der Waals surface area contributed by atoms with Crippen LogP contribution in [0.3, 0.4) is 0 Å². The fraction of sp³-hybridized carbons (Fsp3) is 0.111. The Morgan fingerprint density at radius 2 is 1.83 bits per heavy atom. The van der Waals surface area contributed by atoms with E-state index in [-0.39, 0.29) is 0 Å². The lowest BCUT2D eigenvalue weighted by atomic mass is 10.2. The van der Waals surface area contributed by atoms with Gasteiger partial charge in [0.2, 0.25) is 0 Å². The van der Waals surface area contributed by atoms with Crippen LogP contribution in [-0.4, -0.2) is 23.0 Å². The number of carbonyl (C=O) groups excluding carboxylic acids is 2. The van der Waals surface area contributed by atoms with Gasteiger partial charge in [-0.25, -0.2) is 4.79 Å². The van der Waals surface area contributed by atoms with Gasteiger partial charge in [-0.2, -0.15) is 0 Å². The standard InChI is InChI=1S/C18H15ClN2O3/c1-11(17(22)21-16-9-5-3-7-14(16)19)24-18(23)13-10-20-15-8-4-2-6-12(13)15/h2-11,20H,1H3,(H,21,22)/t11-/m1/s1. The molecule has 6 heteroatoms. The second-order valence-electron chi connectivity index (χ2n) is 5.26. The normalized spacial score (nSPS) is 11.9. The van der Waals surface area contributed by atoms with Crippen LogP contribution in [0.5, 0.6) is 0 Å². The molecule has 0 saturated heterocycles. The molecular weight excluding hydrogens is 328 g/mol. The van der Waals surface area contributed by atoms with Crippen LogP contribution in [0.1, 0.15) is 17.3 Å². The molecule has 1 heterocycles. The highest BCUT2D eigenvalue weighted by atomic mass is 35.5. The van der Waals surface area contributed by atoms with Crippen molar-refractivity contribution < 1.29 is 14.3 Å². The number of halogens is 1. The first-order valence-electron chi connectivity index (χ1n) is 7.39. The minimum absolute atomic E-state index is 0.392. The number of para-hydroxylation sites is 2. The maximum atomic E-state index is 12.3. The van der Waals surface area contributed by atoms with E-state index < -0.39 is 18.0 Å². The molecule has 1 atom stereocenters. The quantitative estimate of drug-likeness (QED) is 0.704. The van der Waals surface area contributed by atoms with Crippen molar-refractivity contribution in [1.82, 2.24) is 4.98 Å². The van der Waals surface area contributed by atoms with Crippen molar-refractivity contribution in [3.8, 4) is 0 Å². The van der Waals surface area contributed by atoms with E-state index in [1.807, 2.05) is 24.3 Å². The molecule has 0 bridgehead atoms. The first kappa shape index (κ1) is 16.1. The van der Waals surface area contributed by atoms with Crippen LogP contribution in [0.4, 0.5) is 5.69 Å². The molecule has 0 aliphatic carbocycles. The van der Waals surface area contributed by atoms with Crippen molar-refractivity contribution in [2.45, 2.75) is 13.0 Å². The number of aromatic nitrogens is 1. The summed E-state index contributed by atoms with van der Waals surface area (Å²) in [5.41, 5.74) is 1.69. The van der Waals surface area contributed by atoms with Crippen molar-refractivity contribution in [1.29, 1.82) is 0 Å². The van der Waals surface area contributed by atoms with E-state index in [1.165, 1.54) is 6.92 Å². The summed E-state index contributed by atoms with van der Waals surface area (Å²) in [6.07, 6.45) is 0.619. The number of nitrogens with one attached hydrogen (secondary N) is 2. The number of fused-ring (bicyclic) bond motifs is 1. The zero-order chi connectivity index (χ0) is 17.1. The number of ether oxygens (including phenoxy) is 1.